The average Bonchev–Trinajstić information content (AvgIpc) is 2.52. The third kappa shape index (κ3) is 6.73. The summed E-state index contributed by atoms with van der Waals surface area (Å²) in [5.41, 5.74) is 5.37. The van der Waals surface area contributed by atoms with E-state index in [1.165, 1.54) is 0 Å². The molecule has 0 aromatic rings. The molecule has 0 aliphatic carbocycles. The van der Waals surface area contributed by atoms with Gasteiger partial charge in [0.25, 0.3) is 0 Å². The molecule has 6 heteroatoms. The Bertz CT molecular complexity index is 347. The van der Waals surface area contributed by atoms with Gasteiger partial charge in [0.15, 0.2) is 0 Å². The lowest BCUT2D eigenvalue weighted by Gasteiger charge is -2.32. The Kier molecular flexibility index (Phi) is 8.69. The molecule has 1 fully saturated rings. The van der Waals surface area contributed by atoms with Gasteiger partial charge < -0.3 is 20.7 Å². The molecule has 0 bridgehead atoms. The van der Waals surface area contributed by atoms with E-state index in [1.54, 1.807) is 11.0 Å². The quantitative estimate of drug-likeness (QED) is 0.473. The van der Waals surface area contributed by atoms with Crippen LogP contribution in [0.1, 0.15) is 25.7 Å². The Labute approximate surface area is 126 Å². The smallest absolute Gasteiger partial charge is 0.224 e. The van der Waals surface area contributed by atoms with Gasteiger partial charge in [-0.1, -0.05) is 6.08 Å². The Morgan fingerprint density at radius 1 is 1.48 bits per heavy atom. The minimum absolute atomic E-state index is 0.00673. The second-order valence-corrected chi connectivity index (χ2v) is 5.23. The maximum absolute atomic E-state index is 12.1. The molecule has 0 radical (unpaired) electrons. The van der Waals surface area contributed by atoms with Crippen LogP contribution in [-0.4, -0.2) is 56.1 Å². The topological polar surface area (TPSA) is 84.7 Å². The first kappa shape index (κ1) is 17.7. The number of nitrogens with zero attached hydrogens (tertiary/aromatic N) is 1. The van der Waals surface area contributed by atoms with Gasteiger partial charge >= 0.3 is 0 Å². The van der Waals surface area contributed by atoms with Crippen molar-refractivity contribution in [2.24, 2.45) is 11.7 Å². The molecule has 1 aliphatic heterocycles. The van der Waals surface area contributed by atoms with Gasteiger partial charge in [-0.15, -0.1) is 6.58 Å². The van der Waals surface area contributed by atoms with Crippen molar-refractivity contribution >= 4 is 11.8 Å². The molecular weight excluding hydrogens is 270 g/mol. The number of hydrogen-bond acceptors (Lipinski definition) is 4. The Hall–Kier alpha value is -1.40. The van der Waals surface area contributed by atoms with Crippen LogP contribution in [0.3, 0.4) is 0 Å². The van der Waals surface area contributed by atoms with E-state index >= 15 is 0 Å². The highest BCUT2D eigenvalue weighted by Crippen LogP contribution is 2.17. The number of amides is 2. The molecule has 0 saturated carbocycles. The van der Waals surface area contributed by atoms with Crippen LogP contribution >= 0.6 is 0 Å². The van der Waals surface area contributed by atoms with Gasteiger partial charge in [-0.2, -0.15) is 0 Å². The number of carbonyl (C=O) groups is 2. The Morgan fingerprint density at radius 3 is 3.00 bits per heavy atom. The molecule has 1 atom stereocenters. The highest BCUT2D eigenvalue weighted by Gasteiger charge is 2.27. The third-order valence-corrected chi connectivity index (χ3v) is 3.50. The van der Waals surface area contributed by atoms with Crippen LogP contribution < -0.4 is 11.1 Å². The molecule has 3 N–H and O–H groups in total. The van der Waals surface area contributed by atoms with Crippen molar-refractivity contribution in [2.45, 2.75) is 25.7 Å². The molecular formula is C15H27N3O3. The molecule has 1 saturated heterocycles. The van der Waals surface area contributed by atoms with Crippen molar-refractivity contribution in [1.29, 1.82) is 0 Å². The molecule has 1 aliphatic rings. The molecule has 2 amide bonds. The fourth-order valence-corrected chi connectivity index (χ4v) is 2.41. The summed E-state index contributed by atoms with van der Waals surface area (Å²) in [6.45, 7) is 6.83. The second kappa shape index (κ2) is 10.3. The van der Waals surface area contributed by atoms with E-state index in [9.17, 15) is 9.59 Å². The Morgan fingerprint density at radius 2 is 2.29 bits per heavy atom. The molecule has 6 nitrogen and oxygen atoms in total. The van der Waals surface area contributed by atoms with Crippen LogP contribution in [0.5, 0.6) is 0 Å². The number of carbonyl (C=O) groups excluding carboxylic acids is 2. The first-order chi connectivity index (χ1) is 10.2. The van der Waals surface area contributed by atoms with Crippen molar-refractivity contribution < 1.29 is 14.3 Å². The summed E-state index contributed by atoms with van der Waals surface area (Å²) >= 11 is 0. The largest absolute Gasteiger partial charge is 0.377 e. The fourth-order valence-electron chi connectivity index (χ4n) is 2.41. The van der Waals surface area contributed by atoms with Crippen molar-refractivity contribution in [1.82, 2.24) is 10.2 Å². The van der Waals surface area contributed by atoms with Gasteiger partial charge in [-0.25, -0.2) is 0 Å². The fraction of sp³-hybridized carbons (Fsp3) is 0.733. The van der Waals surface area contributed by atoms with Crippen LogP contribution in [0, 0.1) is 5.92 Å². The lowest BCUT2D eigenvalue weighted by Crippen LogP contribution is -2.46. The lowest BCUT2D eigenvalue weighted by molar-refractivity contribution is -0.136. The second-order valence-electron chi connectivity index (χ2n) is 5.23. The molecule has 21 heavy (non-hydrogen) atoms. The van der Waals surface area contributed by atoms with Crippen LogP contribution in [0.25, 0.3) is 0 Å². The monoisotopic (exact) mass is 297 g/mol. The number of nitrogens with two attached hydrogens (primary N) is 1. The van der Waals surface area contributed by atoms with Crippen molar-refractivity contribution in [3.05, 3.63) is 12.7 Å². The molecule has 1 unspecified atom stereocenters. The third-order valence-electron chi connectivity index (χ3n) is 3.50. The number of likely N-dealkylation sites (tertiary alicyclic amines) is 1. The summed E-state index contributed by atoms with van der Waals surface area (Å²) in [6.07, 6.45) is 4.57. The van der Waals surface area contributed by atoms with E-state index in [2.05, 4.69) is 11.9 Å². The Balaban J connectivity index is 2.29. The summed E-state index contributed by atoms with van der Waals surface area (Å²) < 4.78 is 5.26. The number of nitrogens with one attached hydrogen (secondary N) is 1. The highest BCUT2D eigenvalue weighted by molar-refractivity contribution is 5.81. The SMILES string of the molecule is C=CCOCCCC(=O)N1CCCC(C(=O)NCCN)C1. The first-order valence-electron chi connectivity index (χ1n) is 7.63. The van der Waals surface area contributed by atoms with E-state index in [0.717, 1.165) is 19.4 Å². The van der Waals surface area contributed by atoms with Crippen LogP contribution in [-0.2, 0) is 14.3 Å². The van der Waals surface area contributed by atoms with Crippen molar-refractivity contribution in [3.63, 3.8) is 0 Å². The zero-order valence-corrected chi connectivity index (χ0v) is 12.7. The van der Waals surface area contributed by atoms with E-state index in [0.29, 0.717) is 45.7 Å². The molecule has 0 aromatic heterocycles. The lowest BCUT2D eigenvalue weighted by atomic mass is 9.96. The van der Waals surface area contributed by atoms with E-state index < -0.39 is 0 Å². The maximum Gasteiger partial charge on any atom is 0.224 e. The normalized spacial score (nSPS) is 18.3. The van der Waals surface area contributed by atoms with Crippen LogP contribution in [0.2, 0.25) is 0 Å². The maximum atomic E-state index is 12.1. The highest BCUT2D eigenvalue weighted by atomic mass is 16.5. The summed E-state index contributed by atoms with van der Waals surface area (Å²) in [5.74, 6) is 0.00654. The molecule has 0 aromatic carbocycles. The molecule has 1 heterocycles. The number of piperidine rings is 1. The van der Waals surface area contributed by atoms with Crippen LogP contribution in [0.15, 0.2) is 12.7 Å². The average molecular weight is 297 g/mol. The van der Waals surface area contributed by atoms with Gasteiger partial charge in [0, 0.05) is 39.2 Å². The summed E-state index contributed by atoms with van der Waals surface area (Å²) in [4.78, 5) is 25.8. The van der Waals surface area contributed by atoms with E-state index in [4.69, 9.17) is 10.5 Å². The number of rotatable bonds is 9. The summed E-state index contributed by atoms with van der Waals surface area (Å²) in [5, 5.41) is 2.80. The van der Waals surface area contributed by atoms with E-state index in [-0.39, 0.29) is 17.7 Å². The zero-order valence-electron chi connectivity index (χ0n) is 12.7. The predicted octanol–water partition coefficient (Wildman–Crippen LogP) is 0.283. The minimum atomic E-state index is -0.105. The molecule has 120 valence electrons. The standard InChI is InChI=1S/C15H27N3O3/c1-2-10-21-11-4-6-14(19)18-9-3-5-13(12-18)15(20)17-8-7-16/h2,13H,1,3-12,16H2,(H,17,20). The van der Waals surface area contributed by atoms with Gasteiger partial charge in [0.1, 0.15) is 0 Å². The molecule has 0 spiro atoms. The summed E-state index contributed by atoms with van der Waals surface area (Å²) in [6, 6.07) is 0. The van der Waals surface area contributed by atoms with Gasteiger partial charge in [-0.3, -0.25) is 9.59 Å². The van der Waals surface area contributed by atoms with Gasteiger partial charge in [-0.05, 0) is 19.3 Å². The van der Waals surface area contributed by atoms with Crippen LogP contribution in [0.4, 0.5) is 0 Å². The van der Waals surface area contributed by atoms with E-state index in [1.807, 2.05) is 0 Å². The zero-order chi connectivity index (χ0) is 15.5. The number of hydrogen-bond donors (Lipinski definition) is 2. The predicted molar refractivity (Wildman–Crippen MR) is 81.6 cm³/mol. The number of ether oxygens (including phenoxy) is 1. The first-order valence-corrected chi connectivity index (χ1v) is 7.63. The van der Waals surface area contributed by atoms with Gasteiger partial charge in [0.2, 0.25) is 11.8 Å². The molecule has 1 rings (SSSR count). The van der Waals surface area contributed by atoms with Gasteiger partial charge in [0.05, 0.1) is 12.5 Å². The van der Waals surface area contributed by atoms with Crippen molar-refractivity contribution in [3.8, 4) is 0 Å². The summed E-state index contributed by atoms with van der Waals surface area (Å²) in [7, 11) is 0. The minimum Gasteiger partial charge on any atom is -0.377 e. The van der Waals surface area contributed by atoms with Crippen molar-refractivity contribution in [2.75, 3.05) is 39.4 Å².